The summed E-state index contributed by atoms with van der Waals surface area (Å²) >= 11 is 0. The number of H-pyrrole nitrogens is 1. The zero-order valence-electron chi connectivity index (χ0n) is 9.70. The van der Waals surface area contributed by atoms with Crippen molar-refractivity contribution >= 4 is 0 Å². The van der Waals surface area contributed by atoms with E-state index in [4.69, 9.17) is 5.73 Å². The van der Waals surface area contributed by atoms with Crippen LogP contribution in [0.1, 0.15) is 22.6 Å². The van der Waals surface area contributed by atoms with Crippen LogP contribution in [0.25, 0.3) is 0 Å². The van der Waals surface area contributed by atoms with Gasteiger partial charge in [0.25, 0.3) is 0 Å². The van der Waals surface area contributed by atoms with Crippen molar-refractivity contribution in [2.45, 2.75) is 19.8 Å². The van der Waals surface area contributed by atoms with Gasteiger partial charge >= 0.3 is 0 Å². The Bertz CT molecular complexity index is 468. The van der Waals surface area contributed by atoms with Gasteiger partial charge in [-0.2, -0.15) is 10.2 Å². The summed E-state index contributed by atoms with van der Waals surface area (Å²) in [5.41, 5.74) is 10.1. The van der Waals surface area contributed by atoms with Crippen LogP contribution in [0.5, 0.6) is 0 Å². The number of aromatic nitrogens is 4. The lowest BCUT2D eigenvalue weighted by Gasteiger charge is -2.02. The van der Waals surface area contributed by atoms with E-state index in [1.807, 2.05) is 24.9 Å². The average molecular weight is 219 g/mol. The first-order valence-electron chi connectivity index (χ1n) is 5.41. The predicted molar refractivity (Wildman–Crippen MR) is 62.1 cm³/mol. The Morgan fingerprint density at radius 3 is 2.94 bits per heavy atom. The number of hydrogen-bond donors (Lipinski definition) is 2. The molecule has 2 aromatic heterocycles. The van der Waals surface area contributed by atoms with Crippen molar-refractivity contribution in [3.05, 3.63) is 34.9 Å². The molecule has 0 saturated carbocycles. The van der Waals surface area contributed by atoms with Crippen molar-refractivity contribution in [1.82, 2.24) is 20.0 Å². The number of aromatic amines is 1. The molecule has 2 aromatic rings. The van der Waals surface area contributed by atoms with Gasteiger partial charge in [0.2, 0.25) is 0 Å². The third-order valence-corrected chi connectivity index (χ3v) is 2.67. The lowest BCUT2D eigenvalue weighted by Crippen LogP contribution is -2.06. The van der Waals surface area contributed by atoms with E-state index in [1.165, 1.54) is 11.3 Å². The summed E-state index contributed by atoms with van der Waals surface area (Å²) < 4.78 is 1.91. The zero-order chi connectivity index (χ0) is 11.5. The normalized spacial score (nSPS) is 10.9. The second kappa shape index (κ2) is 4.49. The Kier molecular flexibility index (Phi) is 3.05. The Hall–Kier alpha value is -1.62. The fourth-order valence-electron chi connectivity index (χ4n) is 1.88. The van der Waals surface area contributed by atoms with E-state index < -0.39 is 0 Å². The van der Waals surface area contributed by atoms with Crippen molar-refractivity contribution in [3.8, 4) is 0 Å². The van der Waals surface area contributed by atoms with Gasteiger partial charge in [-0.05, 0) is 25.1 Å². The van der Waals surface area contributed by atoms with Crippen LogP contribution in [-0.4, -0.2) is 26.5 Å². The highest BCUT2D eigenvalue weighted by Crippen LogP contribution is 2.12. The zero-order valence-corrected chi connectivity index (χ0v) is 9.70. The molecule has 0 amide bonds. The molecular weight excluding hydrogens is 202 g/mol. The highest BCUT2D eigenvalue weighted by atomic mass is 15.3. The summed E-state index contributed by atoms with van der Waals surface area (Å²) in [6.45, 7) is 2.64. The monoisotopic (exact) mass is 219 g/mol. The fraction of sp³-hybridized carbons (Fsp3) is 0.455. The molecule has 86 valence electrons. The molecule has 0 fully saturated rings. The number of hydrogen-bond acceptors (Lipinski definition) is 3. The van der Waals surface area contributed by atoms with Gasteiger partial charge in [0.05, 0.1) is 11.9 Å². The fourth-order valence-corrected chi connectivity index (χ4v) is 1.88. The molecule has 0 unspecified atom stereocenters. The maximum atomic E-state index is 5.55. The van der Waals surface area contributed by atoms with Crippen molar-refractivity contribution < 1.29 is 0 Å². The average Bonchev–Trinajstić information content (AvgIpc) is 2.77. The van der Waals surface area contributed by atoms with Crippen LogP contribution in [-0.2, 0) is 19.9 Å². The summed E-state index contributed by atoms with van der Waals surface area (Å²) in [6.07, 6.45) is 3.56. The molecule has 0 atom stereocenters. The molecule has 2 heterocycles. The first kappa shape index (κ1) is 10.9. The third kappa shape index (κ3) is 2.14. The van der Waals surface area contributed by atoms with E-state index in [9.17, 15) is 0 Å². The maximum Gasteiger partial charge on any atom is 0.0596 e. The minimum atomic E-state index is 0.639. The summed E-state index contributed by atoms with van der Waals surface area (Å²) in [4.78, 5) is 0. The minimum Gasteiger partial charge on any atom is -0.330 e. The van der Waals surface area contributed by atoms with E-state index in [-0.39, 0.29) is 0 Å². The number of nitrogens with two attached hydrogens (primary N) is 1. The van der Waals surface area contributed by atoms with Crippen molar-refractivity contribution in [3.63, 3.8) is 0 Å². The molecule has 2 rings (SSSR count). The quantitative estimate of drug-likeness (QED) is 0.788. The highest BCUT2D eigenvalue weighted by Gasteiger charge is 2.08. The van der Waals surface area contributed by atoms with Gasteiger partial charge < -0.3 is 5.73 Å². The van der Waals surface area contributed by atoms with Crippen LogP contribution in [0.15, 0.2) is 12.3 Å². The summed E-state index contributed by atoms with van der Waals surface area (Å²) in [5.74, 6) is 0. The van der Waals surface area contributed by atoms with Gasteiger partial charge in [-0.3, -0.25) is 9.78 Å². The molecule has 0 aromatic carbocycles. The molecule has 5 heteroatoms. The third-order valence-electron chi connectivity index (χ3n) is 2.67. The largest absolute Gasteiger partial charge is 0.330 e. The summed E-state index contributed by atoms with van der Waals surface area (Å²) in [7, 11) is 1.96. The van der Waals surface area contributed by atoms with Crippen LogP contribution in [0.3, 0.4) is 0 Å². The number of aryl methyl sites for hydroxylation is 2. The Morgan fingerprint density at radius 1 is 1.50 bits per heavy atom. The van der Waals surface area contributed by atoms with Crippen molar-refractivity contribution in [2.24, 2.45) is 12.8 Å². The topological polar surface area (TPSA) is 72.5 Å². The minimum absolute atomic E-state index is 0.639. The smallest absolute Gasteiger partial charge is 0.0596 e. The van der Waals surface area contributed by atoms with Gasteiger partial charge in [0, 0.05) is 31.3 Å². The Morgan fingerprint density at radius 2 is 2.31 bits per heavy atom. The second-order valence-corrected chi connectivity index (χ2v) is 3.99. The molecule has 0 saturated heterocycles. The molecule has 16 heavy (non-hydrogen) atoms. The van der Waals surface area contributed by atoms with E-state index in [2.05, 4.69) is 21.4 Å². The molecular formula is C11H17N5. The Balaban J connectivity index is 2.20. The first-order chi connectivity index (χ1) is 7.70. The van der Waals surface area contributed by atoms with Crippen LogP contribution < -0.4 is 5.73 Å². The molecule has 0 spiro atoms. The van der Waals surface area contributed by atoms with Gasteiger partial charge in [-0.15, -0.1) is 0 Å². The van der Waals surface area contributed by atoms with E-state index in [0.717, 1.165) is 24.2 Å². The molecule has 0 aliphatic rings. The summed E-state index contributed by atoms with van der Waals surface area (Å²) in [6, 6.07) is 2.10. The number of nitrogens with zero attached hydrogens (tertiary/aromatic N) is 3. The molecule has 5 nitrogen and oxygen atoms in total. The SMILES string of the molecule is Cc1cc(Cc2cn[nH]c2CCN)n(C)n1. The highest BCUT2D eigenvalue weighted by molar-refractivity contribution is 5.24. The van der Waals surface area contributed by atoms with Gasteiger partial charge in [0.15, 0.2) is 0 Å². The molecule has 0 bridgehead atoms. The molecule has 3 N–H and O–H groups in total. The van der Waals surface area contributed by atoms with Gasteiger partial charge in [-0.25, -0.2) is 0 Å². The van der Waals surface area contributed by atoms with Crippen LogP contribution >= 0.6 is 0 Å². The Labute approximate surface area is 94.7 Å². The van der Waals surface area contributed by atoms with Crippen LogP contribution in [0.2, 0.25) is 0 Å². The van der Waals surface area contributed by atoms with E-state index in [1.54, 1.807) is 0 Å². The molecule has 0 aliphatic heterocycles. The van der Waals surface area contributed by atoms with Crippen molar-refractivity contribution in [1.29, 1.82) is 0 Å². The van der Waals surface area contributed by atoms with Crippen LogP contribution in [0, 0.1) is 6.92 Å². The number of rotatable bonds is 4. The lowest BCUT2D eigenvalue weighted by atomic mass is 10.1. The maximum absolute atomic E-state index is 5.55. The second-order valence-electron chi connectivity index (χ2n) is 3.99. The van der Waals surface area contributed by atoms with Gasteiger partial charge in [0.1, 0.15) is 0 Å². The lowest BCUT2D eigenvalue weighted by molar-refractivity contribution is 0.715. The first-order valence-corrected chi connectivity index (χ1v) is 5.41. The van der Waals surface area contributed by atoms with E-state index in [0.29, 0.717) is 6.54 Å². The summed E-state index contributed by atoms with van der Waals surface area (Å²) in [5, 5.41) is 11.4. The number of nitrogens with one attached hydrogen (secondary N) is 1. The van der Waals surface area contributed by atoms with Gasteiger partial charge in [-0.1, -0.05) is 0 Å². The molecule has 0 aliphatic carbocycles. The van der Waals surface area contributed by atoms with Crippen molar-refractivity contribution in [2.75, 3.05) is 6.54 Å². The van der Waals surface area contributed by atoms with Crippen LogP contribution in [0.4, 0.5) is 0 Å². The standard InChI is InChI=1S/C11H17N5/c1-8-5-10(16(2)15-8)6-9-7-13-14-11(9)3-4-12/h5,7H,3-4,6,12H2,1-2H3,(H,13,14). The molecule has 0 radical (unpaired) electrons. The predicted octanol–water partition coefficient (Wildman–Crippen LogP) is 0.544. The van der Waals surface area contributed by atoms with E-state index >= 15 is 0 Å².